The zero-order valence-corrected chi connectivity index (χ0v) is 15.3. The number of likely N-dealkylation sites (N-methyl/N-ethyl adjacent to an activating group) is 1. The molecular weight excluding hydrogens is 342 g/mol. The van der Waals surface area contributed by atoms with Crippen molar-refractivity contribution in [2.45, 2.75) is 13.0 Å². The highest BCUT2D eigenvalue weighted by Crippen LogP contribution is 2.34. The number of aliphatic imine (C=N–C) groups is 1. The molecule has 22 heavy (non-hydrogen) atoms. The number of aromatic nitrogens is 2. The second kappa shape index (κ2) is 6.12. The van der Waals surface area contributed by atoms with Crippen LogP contribution in [0.1, 0.15) is 12.5 Å². The van der Waals surface area contributed by atoms with E-state index in [1.165, 1.54) is 11.3 Å². The molecule has 3 rings (SSSR count). The van der Waals surface area contributed by atoms with Crippen LogP contribution >= 0.6 is 17.0 Å². The van der Waals surface area contributed by atoms with Crippen LogP contribution in [0.25, 0.3) is 0 Å². The Hall–Kier alpha value is -1.82. The van der Waals surface area contributed by atoms with Crippen LogP contribution in [0.4, 0.5) is 17.2 Å². The molecule has 1 unspecified atom stereocenters. The van der Waals surface area contributed by atoms with Gasteiger partial charge in [0.25, 0.3) is 0 Å². The number of anilines is 2. The molecule has 2 heterocycles. The molecular formula is C16H22BrN5. The molecule has 0 aliphatic carbocycles. The van der Waals surface area contributed by atoms with E-state index in [0.717, 1.165) is 17.2 Å². The maximum Gasteiger partial charge on any atom is 0.152 e. The van der Waals surface area contributed by atoms with Crippen molar-refractivity contribution in [3.63, 3.8) is 0 Å². The van der Waals surface area contributed by atoms with Crippen LogP contribution in [0.3, 0.4) is 0 Å². The Morgan fingerprint density at radius 3 is 2.55 bits per heavy atom. The molecule has 1 aromatic heterocycles. The van der Waals surface area contributed by atoms with Crippen LogP contribution in [0.15, 0.2) is 35.5 Å². The van der Waals surface area contributed by atoms with Gasteiger partial charge in [-0.3, -0.25) is 4.68 Å². The summed E-state index contributed by atoms with van der Waals surface area (Å²) in [7, 11) is 8.08. The van der Waals surface area contributed by atoms with Crippen molar-refractivity contribution in [3.05, 3.63) is 36.0 Å². The highest BCUT2D eigenvalue weighted by molar-refractivity contribution is 8.93. The Balaban J connectivity index is 0.00000176. The standard InChI is InChI=1S/C16H21N5.BrH/c1-11-15(12-8-6-7-9-14(12)20(11)4)18-13-10-17-21(5)16(13)19(2)3;/h6-11H,1-5H3;1H. The van der Waals surface area contributed by atoms with Gasteiger partial charge in [-0.15, -0.1) is 17.0 Å². The van der Waals surface area contributed by atoms with Crippen molar-refractivity contribution in [2.75, 3.05) is 30.9 Å². The van der Waals surface area contributed by atoms with E-state index in [2.05, 4.69) is 48.2 Å². The Kier molecular flexibility index (Phi) is 4.60. The van der Waals surface area contributed by atoms with Crippen molar-refractivity contribution in [1.29, 1.82) is 0 Å². The molecule has 1 aliphatic heterocycles. The first-order valence-electron chi connectivity index (χ1n) is 7.11. The molecule has 1 atom stereocenters. The van der Waals surface area contributed by atoms with E-state index in [0.29, 0.717) is 0 Å². The predicted octanol–water partition coefficient (Wildman–Crippen LogP) is 3.02. The van der Waals surface area contributed by atoms with Crippen LogP contribution in [0.2, 0.25) is 0 Å². The minimum Gasteiger partial charge on any atom is -0.366 e. The lowest BCUT2D eigenvalue weighted by Gasteiger charge is -2.18. The quantitative estimate of drug-likeness (QED) is 0.822. The molecule has 0 amide bonds. The second-order valence-corrected chi connectivity index (χ2v) is 5.67. The molecule has 2 aromatic rings. The number of para-hydroxylation sites is 1. The number of hydrogen-bond acceptors (Lipinski definition) is 4. The number of halogens is 1. The zero-order chi connectivity index (χ0) is 15.1. The molecule has 0 bridgehead atoms. The smallest absolute Gasteiger partial charge is 0.152 e. The maximum atomic E-state index is 4.92. The van der Waals surface area contributed by atoms with Crippen molar-refractivity contribution >= 4 is 39.9 Å². The third-order valence-electron chi connectivity index (χ3n) is 4.09. The van der Waals surface area contributed by atoms with E-state index in [4.69, 9.17) is 4.99 Å². The summed E-state index contributed by atoms with van der Waals surface area (Å²) in [6.45, 7) is 2.19. The predicted molar refractivity (Wildman–Crippen MR) is 98.4 cm³/mol. The summed E-state index contributed by atoms with van der Waals surface area (Å²) in [4.78, 5) is 9.23. The maximum absolute atomic E-state index is 4.92. The molecule has 6 heteroatoms. The Morgan fingerprint density at radius 1 is 1.18 bits per heavy atom. The van der Waals surface area contributed by atoms with Gasteiger partial charge in [0.2, 0.25) is 0 Å². The summed E-state index contributed by atoms with van der Waals surface area (Å²) in [5.74, 6) is 1.02. The Morgan fingerprint density at radius 2 is 1.86 bits per heavy atom. The second-order valence-electron chi connectivity index (χ2n) is 5.67. The topological polar surface area (TPSA) is 36.7 Å². The van der Waals surface area contributed by atoms with Crippen molar-refractivity contribution < 1.29 is 0 Å². The SMILES string of the molecule is Br.CC1C(=Nc2cnn(C)c2N(C)C)c2ccccc2N1C. The normalized spacial score (nSPS) is 18.3. The van der Waals surface area contributed by atoms with Crippen LogP contribution in [-0.4, -0.2) is 42.7 Å². The molecule has 1 aliphatic rings. The molecule has 1 aromatic carbocycles. The van der Waals surface area contributed by atoms with Gasteiger partial charge in [0.05, 0.1) is 18.0 Å². The van der Waals surface area contributed by atoms with E-state index in [9.17, 15) is 0 Å². The number of nitrogens with zero attached hydrogens (tertiary/aromatic N) is 5. The first-order valence-corrected chi connectivity index (χ1v) is 7.11. The molecule has 0 N–H and O–H groups in total. The van der Waals surface area contributed by atoms with Gasteiger partial charge in [0.1, 0.15) is 5.69 Å². The summed E-state index contributed by atoms with van der Waals surface area (Å²) in [5, 5.41) is 4.33. The largest absolute Gasteiger partial charge is 0.366 e. The van der Waals surface area contributed by atoms with Gasteiger partial charge in [-0.25, -0.2) is 4.99 Å². The van der Waals surface area contributed by atoms with E-state index in [1.54, 1.807) is 0 Å². The average Bonchev–Trinajstić information content (AvgIpc) is 2.94. The van der Waals surface area contributed by atoms with Gasteiger partial charge in [-0.1, -0.05) is 18.2 Å². The van der Waals surface area contributed by atoms with Gasteiger partial charge < -0.3 is 9.80 Å². The summed E-state index contributed by atoms with van der Waals surface area (Å²) < 4.78 is 1.86. The van der Waals surface area contributed by atoms with Crippen LogP contribution in [0.5, 0.6) is 0 Å². The lowest BCUT2D eigenvalue weighted by Crippen LogP contribution is -2.28. The van der Waals surface area contributed by atoms with Gasteiger partial charge in [0, 0.05) is 39.4 Å². The fourth-order valence-electron chi connectivity index (χ4n) is 2.92. The molecule has 0 saturated carbocycles. The third-order valence-corrected chi connectivity index (χ3v) is 4.09. The molecule has 0 spiro atoms. The fourth-order valence-corrected chi connectivity index (χ4v) is 2.92. The number of fused-ring (bicyclic) bond motifs is 1. The molecule has 118 valence electrons. The summed E-state index contributed by atoms with van der Waals surface area (Å²) in [6, 6.07) is 8.68. The van der Waals surface area contributed by atoms with E-state index < -0.39 is 0 Å². The number of benzene rings is 1. The molecule has 0 radical (unpaired) electrons. The number of rotatable bonds is 2. The van der Waals surface area contributed by atoms with Gasteiger partial charge >= 0.3 is 0 Å². The fraction of sp³-hybridized carbons (Fsp3) is 0.375. The van der Waals surface area contributed by atoms with E-state index in [-0.39, 0.29) is 23.0 Å². The average molecular weight is 364 g/mol. The van der Waals surface area contributed by atoms with Crippen LogP contribution in [0, 0.1) is 0 Å². The van der Waals surface area contributed by atoms with Crippen molar-refractivity contribution in [3.8, 4) is 0 Å². The van der Waals surface area contributed by atoms with Gasteiger partial charge in [-0.2, -0.15) is 5.10 Å². The Bertz CT molecular complexity index is 704. The lowest BCUT2D eigenvalue weighted by atomic mass is 10.1. The first-order chi connectivity index (χ1) is 10.0. The summed E-state index contributed by atoms with van der Waals surface area (Å²) in [5.41, 5.74) is 4.46. The minimum absolute atomic E-state index is 0. The highest BCUT2D eigenvalue weighted by Gasteiger charge is 2.29. The summed E-state index contributed by atoms with van der Waals surface area (Å²) >= 11 is 0. The van der Waals surface area contributed by atoms with Gasteiger partial charge in [0.15, 0.2) is 5.82 Å². The zero-order valence-electron chi connectivity index (χ0n) is 13.6. The molecule has 5 nitrogen and oxygen atoms in total. The number of hydrogen-bond donors (Lipinski definition) is 0. The van der Waals surface area contributed by atoms with Crippen LogP contribution < -0.4 is 9.80 Å². The third kappa shape index (κ3) is 2.52. The van der Waals surface area contributed by atoms with Crippen LogP contribution in [-0.2, 0) is 7.05 Å². The minimum atomic E-state index is 0. The van der Waals surface area contributed by atoms with E-state index in [1.807, 2.05) is 36.9 Å². The van der Waals surface area contributed by atoms with E-state index >= 15 is 0 Å². The molecule has 0 fully saturated rings. The summed E-state index contributed by atoms with van der Waals surface area (Å²) in [6.07, 6.45) is 1.83. The first kappa shape index (κ1) is 16.5. The highest BCUT2D eigenvalue weighted by atomic mass is 79.9. The lowest BCUT2D eigenvalue weighted by molar-refractivity contribution is 0.754. The van der Waals surface area contributed by atoms with Crippen molar-refractivity contribution in [2.24, 2.45) is 12.0 Å². The molecule has 0 saturated heterocycles. The Labute approximate surface area is 142 Å². The van der Waals surface area contributed by atoms with Gasteiger partial charge in [-0.05, 0) is 13.0 Å². The van der Waals surface area contributed by atoms with Crippen molar-refractivity contribution in [1.82, 2.24) is 9.78 Å². The number of aryl methyl sites for hydroxylation is 1. The monoisotopic (exact) mass is 363 g/mol.